The molecule has 1 aromatic rings. The van der Waals surface area contributed by atoms with E-state index in [9.17, 15) is 0 Å². The van der Waals surface area contributed by atoms with Crippen LogP contribution in [0.25, 0.3) is 0 Å². The number of methoxy groups -OCH3 is 1. The number of ether oxygens (including phenoxy) is 1. The van der Waals surface area contributed by atoms with E-state index in [0.29, 0.717) is 4.77 Å². The summed E-state index contributed by atoms with van der Waals surface area (Å²) in [5, 5.41) is 7.10. The van der Waals surface area contributed by atoms with Crippen molar-refractivity contribution < 1.29 is 4.74 Å². The lowest BCUT2D eigenvalue weighted by molar-refractivity contribution is -0.0122. The van der Waals surface area contributed by atoms with Gasteiger partial charge in [0, 0.05) is 13.7 Å². The van der Waals surface area contributed by atoms with E-state index in [-0.39, 0.29) is 5.60 Å². The largest absolute Gasteiger partial charge is 0.371 e. The monoisotopic (exact) mass is 229 g/mol. The van der Waals surface area contributed by atoms with Crippen molar-refractivity contribution in [1.82, 2.24) is 14.8 Å². The Kier molecular flexibility index (Phi) is 4.04. The lowest BCUT2D eigenvalue weighted by Crippen LogP contribution is -2.28. The Morgan fingerprint density at radius 1 is 1.53 bits per heavy atom. The second-order valence-electron chi connectivity index (χ2n) is 3.79. The van der Waals surface area contributed by atoms with Crippen molar-refractivity contribution in [2.24, 2.45) is 0 Å². The lowest BCUT2D eigenvalue weighted by atomic mass is 10.0. The predicted molar refractivity (Wildman–Crippen MR) is 62.4 cm³/mol. The highest BCUT2D eigenvalue weighted by Crippen LogP contribution is 2.26. The lowest BCUT2D eigenvalue weighted by Gasteiger charge is -2.25. The van der Waals surface area contributed by atoms with Crippen molar-refractivity contribution in [3.8, 4) is 0 Å². The van der Waals surface area contributed by atoms with E-state index in [1.165, 1.54) is 0 Å². The summed E-state index contributed by atoms with van der Waals surface area (Å²) >= 11 is 5.19. The van der Waals surface area contributed by atoms with Crippen LogP contribution < -0.4 is 0 Å². The summed E-state index contributed by atoms with van der Waals surface area (Å²) in [6.45, 7) is 7.11. The van der Waals surface area contributed by atoms with Crippen LogP contribution in [-0.2, 0) is 16.9 Å². The maximum absolute atomic E-state index is 5.52. The number of H-pyrrole nitrogens is 1. The van der Waals surface area contributed by atoms with Gasteiger partial charge in [-0.25, -0.2) is 0 Å². The molecule has 0 aliphatic heterocycles. The maximum Gasteiger partial charge on any atom is 0.195 e. The Balaban J connectivity index is 3.18. The topological polar surface area (TPSA) is 42.8 Å². The van der Waals surface area contributed by atoms with E-state index in [1.807, 2.05) is 11.5 Å². The summed E-state index contributed by atoms with van der Waals surface area (Å²) in [6, 6.07) is 0. The van der Waals surface area contributed by atoms with Gasteiger partial charge in [0.1, 0.15) is 5.60 Å². The second kappa shape index (κ2) is 4.90. The molecular weight excluding hydrogens is 210 g/mol. The zero-order chi connectivity index (χ0) is 11.5. The zero-order valence-electron chi connectivity index (χ0n) is 9.83. The van der Waals surface area contributed by atoms with Crippen LogP contribution in [-0.4, -0.2) is 21.9 Å². The van der Waals surface area contributed by atoms with E-state index in [2.05, 4.69) is 24.0 Å². The zero-order valence-corrected chi connectivity index (χ0v) is 10.6. The Morgan fingerprint density at radius 3 is 2.67 bits per heavy atom. The first-order valence-corrected chi connectivity index (χ1v) is 5.70. The Labute approximate surface area is 95.7 Å². The normalized spacial score (nSPS) is 15.2. The number of aromatic nitrogens is 3. The van der Waals surface area contributed by atoms with Crippen molar-refractivity contribution in [2.45, 2.75) is 45.8 Å². The summed E-state index contributed by atoms with van der Waals surface area (Å²) in [7, 11) is 1.71. The SMILES string of the molecule is CCCn1c(C(C)(CC)OC)n[nH]c1=S. The number of rotatable bonds is 5. The van der Waals surface area contributed by atoms with Crippen LogP contribution in [0.4, 0.5) is 0 Å². The molecule has 0 saturated heterocycles. The van der Waals surface area contributed by atoms with E-state index in [0.717, 1.165) is 25.2 Å². The molecule has 5 heteroatoms. The van der Waals surface area contributed by atoms with Crippen LogP contribution in [0, 0.1) is 4.77 Å². The van der Waals surface area contributed by atoms with E-state index in [4.69, 9.17) is 17.0 Å². The Morgan fingerprint density at radius 2 is 2.20 bits per heavy atom. The second-order valence-corrected chi connectivity index (χ2v) is 4.18. The molecule has 0 saturated carbocycles. The maximum atomic E-state index is 5.52. The summed E-state index contributed by atoms with van der Waals surface area (Å²) < 4.78 is 8.21. The number of aromatic amines is 1. The third kappa shape index (κ3) is 2.29. The number of nitrogens with one attached hydrogen (secondary N) is 1. The first kappa shape index (κ1) is 12.4. The van der Waals surface area contributed by atoms with E-state index >= 15 is 0 Å². The first-order chi connectivity index (χ1) is 7.09. The molecule has 1 rings (SSSR count). The van der Waals surface area contributed by atoms with Gasteiger partial charge in [0.05, 0.1) is 0 Å². The minimum Gasteiger partial charge on any atom is -0.371 e. The molecule has 0 aliphatic rings. The van der Waals surface area contributed by atoms with Crippen molar-refractivity contribution in [1.29, 1.82) is 0 Å². The van der Waals surface area contributed by atoms with Gasteiger partial charge in [-0.05, 0) is 32.0 Å². The van der Waals surface area contributed by atoms with Gasteiger partial charge in [0.15, 0.2) is 10.6 Å². The van der Waals surface area contributed by atoms with Gasteiger partial charge in [-0.15, -0.1) is 0 Å². The number of nitrogens with zero attached hydrogens (tertiary/aromatic N) is 2. The molecule has 0 aromatic carbocycles. The molecule has 15 heavy (non-hydrogen) atoms. The van der Waals surface area contributed by atoms with Gasteiger partial charge in [-0.1, -0.05) is 13.8 Å². The predicted octanol–water partition coefficient (Wildman–Crippen LogP) is 2.62. The molecule has 1 aromatic heterocycles. The molecule has 0 fully saturated rings. The third-order valence-electron chi connectivity index (χ3n) is 2.80. The molecule has 1 unspecified atom stereocenters. The van der Waals surface area contributed by atoms with Gasteiger partial charge in [0.2, 0.25) is 0 Å². The molecule has 0 radical (unpaired) electrons. The third-order valence-corrected chi connectivity index (χ3v) is 3.12. The Bertz CT molecular complexity index is 365. The van der Waals surface area contributed by atoms with Gasteiger partial charge in [-0.2, -0.15) is 5.10 Å². The fourth-order valence-corrected chi connectivity index (χ4v) is 1.77. The van der Waals surface area contributed by atoms with Crippen LogP contribution in [0.1, 0.15) is 39.4 Å². The van der Waals surface area contributed by atoms with Crippen molar-refractivity contribution in [3.05, 3.63) is 10.6 Å². The molecule has 0 spiro atoms. The average molecular weight is 229 g/mol. The molecule has 1 atom stereocenters. The van der Waals surface area contributed by atoms with Crippen LogP contribution in [0.2, 0.25) is 0 Å². The van der Waals surface area contributed by atoms with Gasteiger partial charge in [0.25, 0.3) is 0 Å². The molecule has 1 heterocycles. The summed E-state index contributed by atoms with van der Waals surface area (Å²) in [4.78, 5) is 0. The summed E-state index contributed by atoms with van der Waals surface area (Å²) in [5.41, 5.74) is -0.358. The number of hydrogen-bond acceptors (Lipinski definition) is 3. The minimum absolute atomic E-state index is 0.358. The molecule has 0 bridgehead atoms. The molecule has 0 aliphatic carbocycles. The van der Waals surface area contributed by atoms with Crippen LogP contribution in [0.5, 0.6) is 0 Å². The molecular formula is C10H19N3OS. The fraction of sp³-hybridized carbons (Fsp3) is 0.800. The Hall–Kier alpha value is -0.680. The highest BCUT2D eigenvalue weighted by atomic mass is 32.1. The first-order valence-electron chi connectivity index (χ1n) is 5.29. The van der Waals surface area contributed by atoms with Crippen LogP contribution >= 0.6 is 12.2 Å². The van der Waals surface area contributed by atoms with Crippen LogP contribution in [0.3, 0.4) is 0 Å². The average Bonchev–Trinajstić information content (AvgIpc) is 2.61. The van der Waals surface area contributed by atoms with Crippen molar-refractivity contribution >= 4 is 12.2 Å². The summed E-state index contributed by atoms with van der Waals surface area (Å²) in [6.07, 6.45) is 1.90. The molecule has 1 N–H and O–H groups in total. The number of hydrogen-bond donors (Lipinski definition) is 1. The van der Waals surface area contributed by atoms with E-state index in [1.54, 1.807) is 7.11 Å². The van der Waals surface area contributed by atoms with Crippen LogP contribution in [0.15, 0.2) is 0 Å². The van der Waals surface area contributed by atoms with E-state index < -0.39 is 0 Å². The quantitative estimate of drug-likeness (QED) is 0.789. The smallest absolute Gasteiger partial charge is 0.195 e. The molecule has 4 nitrogen and oxygen atoms in total. The summed E-state index contributed by atoms with van der Waals surface area (Å²) in [5.74, 6) is 0.888. The van der Waals surface area contributed by atoms with Crippen molar-refractivity contribution in [3.63, 3.8) is 0 Å². The highest BCUT2D eigenvalue weighted by molar-refractivity contribution is 7.71. The standard InChI is InChI=1S/C10H19N3OS/c1-5-7-13-8(11-12-9(13)15)10(3,6-2)14-4/h5-7H2,1-4H3,(H,12,15). The highest BCUT2D eigenvalue weighted by Gasteiger charge is 2.29. The molecule has 0 amide bonds. The minimum atomic E-state index is -0.358. The van der Waals surface area contributed by atoms with Gasteiger partial charge < -0.3 is 9.30 Å². The van der Waals surface area contributed by atoms with Gasteiger partial charge >= 0.3 is 0 Å². The fourth-order valence-electron chi connectivity index (χ4n) is 1.55. The van der Waals surface area contributed by atoms with Gasteiger partial charge in [-0.3, -0.25) is 5.10 Å². The molecule has 86 valence electrons. The van der Waals surface area contributed by atoms with Crippen molar-refractivity contribution in [2.75, 3.05) is 7.11 Å².